The van der Waals surface area contributed by atoms with Crippen molar-refractivity contribution < 1.29 is 8.42 Å². The molecule has 0 amide bonds. The quantitative estimate of drug-likeness (QED) is 0.799. The Balaban J connectivity index is 1.88. The second-order valence-electron chi connectivity index (χ2n) is 7.04. The van der Waals surface area contributed by atoms with Crippen LogP contribution in [-0.2, 0) is 10.0 Å². The van der Waals surface area contributed by atoms with E-state index in [4.69, 9.17) is 0 Å². The van der Waals surface area contributed by atoms with Gasteiger partial charge in [0.05, 0.1) is 4.90 Å². The van der Waals surface area contributed by atoms with Gasteiger partial charge in [0.1, 0.15) is 0 Å². The monoisotopic (exact) mass is 379 g/mol. The maximum absolute atomic E-state index is 12.8. The second kappa shape index (κ2) is 7.92. The van der Waals surface area contributed by atoms with Crippen LogP contribution in [0.1, 0.15) is 52.9 Å². The number of sulfonamides is 1. The molecular formula is C18H29N5O2S. The summed E-state index contributed by atoms with van der Waals surface area (Å²) in [5.74, 6) is 1.23. The average Bonchev–Trinajstić information content (AvgIpc) is 3.05. The fourth-order valence-electron chi connectivity index (χ4n) is 3.79. The van der Waals surface area contributed by atoms with Crippen molar-refractivity contribution in [1.29, 1.82) is 0 Å². The molecule has 1 aliphatic rings. The Kier molecular flexibility index (Phi) is 5.82. The third kappa shape index (κ3) is 3.71. The van der Waals surface area contributed by atoms with E-state index in [0.29, 0.717) is 30.6 Å². The predicted molar refractivity (Wildman–Crippen MR) is 103 cm³/mol. The molecule has 0 unspecified atom stereocenters. The third-order valence-corrected chi connectivity index (χ3v) is 7.47. The van der Waals surface area contributed by atoms with Gasteiger partial charge in [0.25, 0.3) is 0 Å². The smallest absolute Gasteiger partial charge is 0.244 e. The van der Waals surface area contributed by atoms with Crippen molar-refractivity contribution in [3.63, 3.8) is 0 Å². The van der Waals surface area contributed by atoms with Crippen LogP contribution in [0, 0.1) is 5.92 Å². The van der Waals surface area contributed by atoms with Gasteiger partial charge in [-0.25, -0.2) is 8.42 Å². The zero-order valence-electron chi connectivity index (χ0n) is 15.9. The minimum Gasteiger partial charge on any atom is -0.351 e. The number of hydrogen-bond donors (Lipinski definition) is 1. The molecule has 1 saturated carbocycles. The Hall–Kier alpha value is -1.67. The largest absolute Gasteiger partial charge is 0.351 e. The van der Waals surface area contributed by atoms with Crippen LogP contribution in [0.15, 0.2) is 23.2 Å². The molecule has 144 valence electrons. The van der Waals surface area contributed by atoms with Crippen molar-refractivity contribution in [3.8, 4) is 0 Å². The Morgan fingerprint density at radius 1 is 1.19 bits per heavy atom. The van der Waals surface area contributed by atoms with Gasteiger partial charge in [0.15, 0.2) is 5.65 Å². The van der Waals surface area contributed by atoms with Crippen LogP contribution in [0.4, 0.5) is 5.95 Å². The molecule has 2 aromatic rings. The highest BCUT2D eigenvalue weighted by atomic mass is 32.2. The fourth-order valence-corrected chi connectivity index (χ4v) is 5.25. The zero-order valence-corrected chi connectivity index (χ0v) is 16.7. The Bertz CT molecular complexity index is 838. The van der Waals surface area contributed by atoms with Crippen LogP contribution in [0.5, 0.6) is 0 Å². The lowest BCUT2D eigenvalue weighted by molar-refractivity contribution is 0.327. The molecule has 7 nitrogen and oxygen atoms in total. The summed E-state index contributed by atoms with van der Waals surface area (Å²) in [6.07, 6.45) is 7.97. The average molecular weight is 380 g/mol. The number of nitrogens with zero attached hydrogens (tertiary/aromatic N) is 4. The summed E-state index contributed by atoms with van der Waals surface area (Å²) in [7, 11) is -3.51. The summed E-state index contributed by atoms with van der Waals surface area (Å²) >= 11 is 0. The van der Waals surface area contributed by atoms with E-state index < -0.39 is 10.0 Å². The number of rotatable bonds is 7. The number of anilines is 1. The predicted octanol–water partition coefficient (Wildman–Crippen LogP) is 3.14. The van der Waals surface area contributed by atoms with Crippen molar-refractivity contribution in [3.05, 3.63) is 18.3 Å². The standard InChI is InChI=1S/C18H29N5O2S/c1-4-22(5-2)26(24,25)16-11-12-17-20-21-18(23(17)13-16)19-14(3)15-9-7-6-8-10-15/h11-15H,4-10H2,1-3H3,(H,19,21)/t14-/m1/s1. The van der Waals surface area contributed by atoms with E-state index in [0.717, 1.165) is 0 Å². The number of pyridine rings is 1. The summed E-state index contributed by atoms with van der Waals surface area (Å²) in [6.45, 7) is 6.76. The van der Waals surface area contributed by atoms with Crippen LogP contribution in [-0.4, -0.2) is 46.5 Å². The van der Waals surface area contributed by atoms with Crippen LogP contribution in [0.3, 0.4) is 0 Å². The second-order valence-corrected chi connectivity index (χ2v) is 8.97. The number of aromatic nitrogens is 3. The Morgan fingerprint density at radius 2 is 1.88 bits per heavy atom. The van der Waals surface area contributed by atoms with Crippen LogP contribution < -0.4 is 5.32 Å². The van der Waals surface area contributed by atoms with Gasteiger partial charge in [0, 0.05) is 25.3 Å². The molecule has 0 saturated heterocycles. The molecule has 1 fully saturated rings. The van der Waals surface area contributed by atoms with Crippen molar-refractivity contribution in [2.45, 2.75) is 63.8 Å². The van der Waals surface area contributed by atoms with Crippen molar-refractivity contribution >= 4 is 21.6 Å². The van der Waals surface area contributed by atoms with Crippen molar-refractivity contribution in [1.82, 2.24) is 18.9 Å². The lowest BCUT2D eigenvalue weighted by atomic mass is 9.85. The minimum atomic E-state index is -3.51. The first-order valence-corrected chi connectivity index (χ1v) is 11.0. The topological polar surface area (TPSA) is 79.6 Å². The van der Waals surface area contributed by atoms with Gasteiger partial charge in [-0.15, -0.1) is 10.2 Å². The fraction of sp³-hybridized carbons (Fsp3) is 0.667. The highest BCUT2D eigenvalue weighted by molar-refractivity contribution is 7.89. The molecule has 0 radical (unpaired) electrons. The molecule has 3 rings (SSSR count). The van der Waals surface area contributed by atoms with E-state index in [1.54, 1.807) is 22.7 Å². The first-order chi connectivity index (χ1) is 12.5. The molecule has 1 aliphatic carbocycles. The molecule has 0 aromatic carbocycles. The van der Waals surface area contributed by atoms with E-state index >= 15 is 0 Å². The molecule has 0 aliphatic heterocycles. The number of hydrogen-bond acceptors (Lipinski definition) is 5. The molecule has 8 heteroatoms. The molecule has 1 atom stereocenters. The van der Waals surface area contributed by atoms with E-state index in [2.05, 4.69) is 22.4 Å². The highest BCUT2D eigenvalue weighted by Crippen LogP contribution is 2.28. The zero-order chi connectivity index (χ0) is 18.7. The Morgan fingerprint density at radius 3 is 2.54 bits per heavy atom. The summed E-state index contributed by atoms with van der Waals surface area (Å²) in [4.78, 5) is 0.266. The van der Waals surface area contributed by atoms with Gasteiger partial charge in [-0.2, -0.15) is 4.31 Å². The van der Waals surface area contributed by atoms with E-state index in [1.807, 2.05) is 13.8 Å². The SMILES string of the molecule is CCN(CC)S(=O)(=O)c1ccc2nnc(N[C@H](C)C3CCCCC3)n2c1. The molecule has 1 N–H and O–H groups in total. The molecular weight excluding hydrogens is 350 g/mol. The number of nitrogens with one attached hydrogen (secondary N) is 1. The van der Waals surface area contributed by atoms with Gasteiger partial charge in [-0.3, -0.25) is 4.40 Å². The maximum Gasteiger partial charge on any atom is 0.244 e. The van der Waals surface area contributed by atoms with Gasteiger partial charge in [-0.1, -0.05) is 33.1 Å². The molecule has 0 bridgehead atoms. The summed E-state index contributed by atoms with van der Waals surface area (Å²) in [5.41, 5.74) is 0.641. The molecule has 2 aromatic heterocycles. The Labute approximate surface area is 155 Å². The van der Waals surface area contributed by atoms with Crippen LogP contribution in [0.2, 0.25) is 0 Å². The van der Waals surface area contributed by atoms with Gasteiger partial charge in [0.2, 0.25) is 16.0 Å². The van der Waals surface area contributed by atoms with E-state index in [9.17, 15) is 8.42 Å². The normalized spacial score (nSPS) is 17.7. The highest BCUT2D eigenvalue weighted by Gasteiger charge is 2.24. The third-order valence-electron chi connectivity index (χ3n) is 5.43. The maximum atomic E-state index is 12.8. The summed E-state index contributed by atoms with van der Waals surface area (Å²) < 4.78 is 28.8. The summed E-state index contributed by atoms with van der Waals surface area (Å²) in [6, 6.07) is 3.59. The van der Waals surface area contributed by atoms with E-state index in [1.165, 1.54) is 36.4 Å². The van der Waals surface area contributed by atoms with Gasteiger partial charge < -0.3 is 5.32 Å². The van der Waals surface area contributed by atoms with Gasteiger partial charge >= 0.3 is 0 Å². The van der Waals surface area contributed by atoms with E-state index in [-0.39, 0.29) is 10.9 Å². The minimum absolute atomic E-state index is 0.266. The molecule has 2 heterocycles. The van der Waals surface area contributed by atoms with Crippen LogP contribution in [0.25, 0.3) is 5.65 Å². The van der Waals surface area contributed by atoms with Crippen LogP contribution >= 0.6 is 0 Å². The number of fused-ring (bicyclic) bond motifs is 1. The summed E-state index contributed by atoms with van der Waals surface area (Å²) in [5, 5.41) is 11.9. The van der Waals surface area contributed by atoms with Gasteiger partial charge in [-0.05, 0) is 37.8 Å². The lowest BCUT2D eigenvalue weighted by Gasteiger charge is -2.28. The lowest BCUT2D eigenvalue weighted by Crippen LogP contribution is -2.31. The van der Waals surface area contributed by atoms with Crippen molar-refractivity contribution in [2.24, 2.45) is 5.92 Å². The molecule has 0 spiro atoms. The first kappa shape index (κ1) is 19.1. The van der Waals surface area contributed by atoms with Crippen molar-refractivity contribution in [2.75, 3.05) is 18.4 Å². The first-order valence-electron chi connectivity index (χ1n) is 9.58. The molecule has 26 heavy (non-hydrogen) atoms.